The normalized spacial score (nSPS) is 15.0. The van der Waals surface area contributed by atoms with Crippen LogP contribution in [0.4, 0.5) is 75.0 Å². The van der Waals surface area contributed by atoms with Crippen LogP contribution in [0.5, 0.6) is 0 Å². The molecule has 0 N–H and O–H groups in total. The Morgan fingerprint density at radius 2 is 0.800 bits per heavy atom. The maximum atomic E-state index is 13.0. The lowest BCUT2D eigenvalue weighted by molar-refractivity contribution is -0.347. The van der Waals surface area contributed by atoms with Crippen molar-refractivity contribution < 1.29 is 84.5 Å². The van der Waals surface area contributed by atoms with E-state index < -0.39 is 67.8 Å². The first kappa shape index (κ1) is 28.1. The van der Waals surface area contributed by atoms with Gasteiger partial charge in [0.25, 0.3) is 0 Å². The Bertz CT molecular complexity index is 551. The molecule has 0 aromatic carbocycles. The third-order valence-corrected chi connectivity index (χ3v) is 3.05. The van der Waals surface area contributed by atoms with Gasteiger partial charge < -0.3 is 9.47 Å². The van der Waals surface area contributed by atoms with E-state index in [0.717, 1.165) is 0 Å². The Hall–Kier alpha value is -1.85. The molecule has 0 unspecified atom stereocenters. The van der Waals surface area contributed by atoms with Gasteiger partial charge in [-0.15, -0.1) is 0 Å². The van der Waals surface area contributed by atoms with Gasteiger partial charge in [0.1, 0.15) is 0 Å². The van der Waals surface area contributed by atoms with Crippen LogP contribution in [0.3, 0.4) is 0 Å². The zero-order valence-corrected chi connectivity index (χ0v) is 13.3. The van der Waals surface area contributed by atoms with Crippen molar-refractivity contribution in [3.63, 3.8) is 0 Å². The van der Waals surface area contributed by atoms with Gasteiger partial charge in [-0.2, -0.15) is 52.7 Å². The van der Waals surface area contributed by atoms with Crippen LogP contribution < -0.4 is 0 Å². The van der Waals surface area contributed by atoms with Crippen molar-refractivity contribution in [2.24, 2.45) is 0 Å². The highest BCUT2D eigenvalue weighted by Gasteiger charge is 2.77. The molecule has 0 amide bonds. The highest BCUT2D eigenvalue weighted by molar-refractivity contribution is 5.60. The first-order valence-corrected chi connectivity index (χ1v) is 6.61. The predicted molar refractivity (Wildman–Crippen MR) is 59.0 cm³/mol. The molecule has 0 radical (unpaired) electrons. The molecule has 0 aromatic rings. The van der Waals surface area contributed by atoms with E-state index in [1.807, 2.05) is 0 Å². The molecular weight excluding hydrogens is 484 g/mol. The van der Waals surface area contributed by atoms with Crippen molar-refractivity contribution in [3.05, 3.63) is 0 Å². The standard InChI is InChI=1S/C11H6F16O3/c12-3(13)8(20,21)10(24,25)6(16,17)1-29-5(28)30-2-7(18,19)11(26,27)9(22,23)4(14)15/h3-4H,1-2H2. The highest BCUT2D eigenvalue weighted by atomic mass is 19.4. The maximum Gasteiger partial charge on any atom is 0.508 e. The van der Waals surface area contributed by atoms with Crippen LogP contribution in [0.1, 0.15) is 0 Å². The monoisotopic (exact) mass is 490 g/mol. The fourth-order valence-electron chi connectivity index (χ4n) is 1.28. The number of carbonyl (C=O) groups is 1. The predicted octanol–water partition coefficient (Wildman–Crippen LogP) is 5.48. The van der Waals surface area contributed by atoms with E-state index in [9.17, 15) is 75.0 Å². The number of carbonyl (C=O) groups excluding carboxylic acids is 1. The summed E-state index contributed by atoms with van der Waals surface area (Å²) < 4.78 is 206. The van der Waals surface area contributed by atoms with Crippen LogP contribution in [0.15, 0.2) is 0 Å². The van der Waals surface area contributed by atoms with Crippen molar-refractivity contribution in [2.75, 3.05) is 13.2 Å². The number of halogens is 16. The summed E-state index contributed by atoms with van der Waals surface area (Å²) in [6.07, 6.45) is -13.8. The van der Waals surface area contributed by atoms with Crippen LogP contribution >= 0.6 is 0 Å². The smallest absolute Gasteiger partial charge is 0.428 e. The Labute approximate surface area is 153 Å². The third kappa shape index (κ3) is 4.89. The minimum absolute atomic E-state index is 2.93. The largest absolute Gasteiger partial charge is 0.508 e. The van der Waals surface area contributed by atoms with E-state index in [4.69, 9.17) is 0 Å². The second kappa shape index (κ2) is 8.35. The average Bonchev–Trinajstić information content (AvgIpc) is 2.57. The van der Waals surface area contributed by atoms with E-state index >= 15 is 0 Å². The van der Waals surface area contributed by atoms with Crippen LogP contribution in [-0.4, -0.2) is 67.8 Å². The summed E-state index contributed by atoms with van der Waals surface area (Å²) in [5, 5.41) is 0. The lowest BCUT2D eigenvalue weighted by atomic mass is 10.1. The molecule has 0 aliphatic heterocycles. The molecule has 0 atom stereocenters. The molecule has 0 fully saturated rings. The zero-order valence-electron chi connectivity index (χ0n) is 13.3. The van der Waals surface area contributed by atoms with Gasteiger partial charge >= 0.3 is 54.5 Å². The number of hydrogen-bond donors (Lipinski definition) is 0. The first-order chi connectivity index (χ1) is 13.0. The molecule has 0 heterocycles. The van der Waals surface area contributed by atoms with E-state index in [1.165, 1.54) is 0 Å². The van der Waals surface area contributed by atoms with Crippen LogP contribution in [-0.2, 0) is 9.47 Å². The minimum Gasteiger partial charge on any atom is -0.428 e. The summed E-state index contributed by atoms with van der Waals surface area (Å²) in [6.45, 7) is -6.51. The van der Waals surface area contributed by atoms with E-state index in [-0.39, 0.29) is 0 Å². The zero-order chi connectivity index (χ0) is 24.6. The first-order valence-electron chi connectivity index (χ1n) is 6.61. The molecule has 3 nitrogen and oxygen atoms in total. The fraction of sp³-hybridized carbons (Fsp3) is 0.909. The minimum atomic E-state index is -6.90. The van der Waals surface area contributed by atoms with Crippen molar-refractivity contribution in [3.8, 4) is 0 Å². The molecule has 0 saturated carbocycles. The molecule has 0 aliphatic rings. The Morgan fingerprint density at radius 3 is 1.00 bits per heavy atom. The highest BCUT2D eigenvalue weighted by Crippen LogP contribution is 2.49. The lowest BCUT2D eigenvalue weighted by Gasteiger charge is -2.32. The van der Waals surface area contributed by atoms with Gasteiger partial charge in [-0.3, -0.25) is 0 Å². The molecule has 0 rings (SSSR count). The Kier molecular flexibility index (Phi) is 7.84. The van der Waals surface area contributed by atoms with Crippen LogP contribution in [0, 0.1) is 0 Å². The Balaban J connectivity index is 5.17. The van der Waals surface area contributed by atoms with Gasteiger partial charge in [-0.1, -0.05) is 0 Å². The molecule has 0 aromatic heterocycles. The van der Waals surface area contributed by atoms with E-state index in [1.54, 1.807) is 0 Å². The number of ether oxygens (including phenoxy) is 2. The molecular formula is C11H6F16O3. The SMILES string of the molecule is O=C(OCC(F)(F)C(F)(F)C(F)(F)C(F)F)OCC(F)(F)C(F)(F)C(F)(F)C(F)F. The van der Waals surface area contributed by atoms with Gasteiger partial charge in [0.05, 0.1) is 0 Å². The summed E-state index contributed by atoms with van der Waals surface area (Å²) >= 11 is 0. The van der Waals surface area contributed by atoms with Crippen molar-refractivity contribution in [2.45, 2.75) is 48.4 Å². The van der Waals surface area contributed by atoms with Gasteiger partial charge in [0.15, 0.2) is 13.2 Å². The van der Waals surface area contributed by atoms with Crippen molar-refractivity contribution in [1.82, 2.24) is 0 Å². The van der Waals surface area contributed by atoms with Crippen molar-refractivity contribution >= 4 is 6.16 Å². The molecule has 30 heavy (non-hydrogen) atoms. The summed E-state index contributed by atoms with van der Waals surface area (Å²) in [7, 11) is 0. The molecule has 180 valence electrons. The summed E-state index contributed by atoms with van der Waals surface area (Å²) in [5.41, 5.74) is 0. The maximum absolute atomic E-state index is 13.0. The topological polar surface area (TPSA) is 35.5 Å². The molecule has 19 heteroatoms. The quantitative estimate of drug-likeness (QED) is 0.301. The molecule has 0 aliphatic carbocycles. The number of rotatable bonds is 10. The van der Waals surface area contributed by atoms with E-state index in [0.29, 0.717) is 0 Å². The van der Waals surface area contributed by atoms with Crippen LogP contribution in [0.25, 0.3) is 0 Å². The molecule has 0 spiro atoms. The average molecular weight is 490 g/mol. The fourth-order valence-corrected chi connectivity index (χ4v) is 1.28. The van der Waals surface area contributed by atoms with Crippen LogP contribution in [0.2, 0.25) is 0 Å². The van der Waals surface area contributed by atoms with Gasteiger partial charge in [0.2, 0.25) is 0 Å². The second-order valence-electron chi connectivity index (χ2n) is 5.23. The van der Waals surface area contributed by atoms with Crippen molar-refractivity contribution in [1.29, 1.82) is 0 Å². The van der Waals surface area contributed by atoms with Gasteiger partial charge in [0, 0.05) is 0 Å². The lowest BCUT2D eigenvalue weighted by Crippen LogP contribution is -2.60. The van der Waals surface area contributed by atoms with E-state index in [2.05, 4.69) is 9.47 Å². The number of hydrogen-bond acceptors (Lipinski definition) is 3. The molecule has 0 saturated heterocycles. The summed E-state index contributed by atoms with van der Waals surface area (Å²) in [6, 6.07) is 0. The number of alkyl halides is 16. The summed E-state index contributed by atoms with van der Waals surface area (Å²) in [5.74, 6) is -39.8. The third-order valence-electron chi connectivity index (χ3n) is 3.05. The van der Waals surface area contributed by atoms with Gasteiger partial charge in [-0.25, -0.2) is 22.4 Å². The Morgan fingerprint density at radius 1 is 0.567 bits per heavy atom. The second-order valence-corrected chi connectivity index (χ2v) is 5.23. The molecule has 0 bridgehead atoms. The summed E-state index contributed by atoms with van der Waals surface area (Å²) in [4.78, 5) is 10.7. The van der Waals surface area contributed by atoms with Gasteiger partial charge in [-0.05, 0) is 0 Å².